The molecule has 0 saturated carbocycles. The molecule has 3 heterocycles. The lowest BCUT2D eigenvalue weighted by Gasteiger charge is -2.13. The molecule has 3 N–H and O–H groups in total. The molecular weight excluding hydrogens is 278 g/mol. The average Bonchev–Trinajstić information content (AvgIpc) is 2.98. The Morgan fingerprint density at radius 3 is 2.85 bits per heavy atom. The maximum absolute atomic E-state index is 10.9. The highest BCUT2D eigenvalue weighted by Gasteiger charge is 2.19. The number of hydrogen-bond donors (Lipinski definition) is 3. The Morgan fingerprint density at radius 1 is 1.45 bits per heavy atom. The van der Waals surface area contributed by atoms with E-state index < -0.39 is 0 Å². The molecule has 0 fully saturated rings. The number of anilines is 1. The molecule has 3 aromatic heterocycles. The number of nitrogens with zero attached hydrogens (tertiary/aromatic N) is 4. The van der Waals surface area contributed by atoms with Crippen molar-refractivity contribution >= 4 is 21.4 Å². The van der Waals surface area contributed by atoms with Gasteiger partial charge in [-0.15, -0.1) is 5.10 Å². The summed E-state index contributed by atoms with van der Waals surface area (Å²) in [5.41, 5.74) is 0.709. The highest BCUT2D eigenvalue weighted by Crippen LogP contribution is 2.25. The van der Waals surface area contributed by atoms with E-state index in [2.05, 4.69) is 51.4 Å². The summed E-state index contributed by atoms with van der Waals surface area (Å²) in [6.07, 6.45) is 1.94. The van der Waals surface area contributed by atoms with Crippen molar-refractivity contribution in [1.29, 1.82) is 0 Å². The molecule has 3 aromatic rings. The minimum absolute atomic E-state index is 0.00947. The van der Waals surface area contributed by atoms with Gasteiger partial charge < -0.3 is 5.32 Å². The zero-order chi connectivity index (χ0) is 14.3. The molecule has 20 heavy (non-hydrogen) atoms. The lowest BCUT2D eigenvalue weighted by molar-refractivity contribution is 0.572. The summed E-state index contributed by atoms with van der Waals surface area (Å²) in [5, 5.41) is 14.4. The van der Waals surface area contributed by atoms with E-state index in [0.717, 1.165) is 15.8 Å². The molecule has 106 valence electrons. The molecule has 0 aromatic carbocycles. The Morgan fingerprint density at radius 2 is 2.25 bits per heavy atom. The van der Waals surface area contributed by atoms with Gasteiger partial charge in [-0.3, -0.25) is 4.98 Å². The van der Waals surface area contributed by atoms with E-state index in [4.69, 9.17) is 0 Å². The molecule has 0 atom stereocenters. The summed E-state index contributed by atoms with van der Waals surface area (Å²) in [6, 6.07) is 0. The van der Waals surface area contributed by atoms with Crippen molar-refractivity contribution in [3.8, 4) is 0 Å². The molecular formula is C11H15N7OS. The molecule has 0 radical (unpaired) electrons. The van der Waals surface area contributed by atoms with Crippen LogP contribution in [0.25, 0.3) is 4.96 Å². The molecule has 8 nitrogen and oxygen atoms in total. The molecule has 0 aliphatic heterocycles. The fraction of sp³-hybridized carbons (Fsp3) is 0.455. The highest BCUT2D eigenvalue weighted by molar-refractivity contribution is 7.20. The quantitative estimate of drug-likeness (QED) is 0.671. The number of aromatic nitrogens is 6. The van der Waals surface area contributed by atoms with Crippen molar-refractivity contribution in [3.05, 3.63) is 28.2 Å². The Labute approximate surface area is 118 Å². The van der Waals surface area contributed by atoms with Crippen LogP contribution in [0.1, 0.15) is 32.3 Å². The first-order valence-corrected chi connectivity index (χ1v) is 6.97. The minimum Gasteiger partial charge on any atom is -0.353 e. The third kappa shape index (κ3) is 2.44. The molecule has 9 heteroatoms. The lowest BCUT2D eigenvalue weighted by Crippen LogP contribution is -2.11. The number of hydrogen-bond acceptors (Lipinski definition) is 6. The zero-order valence-electron chi connectivity index (χ0n) is 11.4. The van der Waals surface area contributed by atoms with E-state index in [1.54, 1.807) is 4.52 Å². The average molecular weight is 293 g/mol. The van der Waals surface area contributed by atoms with Crippen molar-refractivity contribution in [2.75, 3.05) is 5.32 Å². The van der Waals surface area contributed by atoms with Crippen LogP contribution in [0.4, 0.5) is 5.13 Å². The number of aromatic amines is 2. The first-order chi connectivity index (χ1) is 9.41. The second kappa shape index (κ2) is 4.44. The number of nitrogens with one attached hydrogen (secondary N) is 3. The van der Waals surface area contributed by atoms with Crippen LogP contribution in [-0.4, -0.2) is 29.8 Å². The van der Waals surface area contributed by atoms with E-state index in [9.17, 15) is 4.79 Å². The fourth-order valence-corrected chi connectivity index (χ4v) is 2.46. The van der Waals surface area contributed by atoms with Gasteiger partial charge in [0, 0.05) is 5.41 Å². The van der Waals surface area contributed by atoms with Crippen molar-refractivity contribution in [2.24, 2.45) is 0 Å². The van der Waals surface area contributed by atoms with Gasteiger partial charge in [-0.05, 0) is 0 Å². The normalized spacial score (nSPS) is 12.2. The molecule has 3 rings (SSSR count). The summed E-state index contributed by atoms with van der Waals surface area (Å²) in [6.45, 7) is 6.76. The van der Waals surface area contributed by atoms with Crippen LogP contribution in [0.15, 0.2) is 11.0 Å². The van der Waals surface area contributed by atoms with Crippen LogP contribution >= 0.6 is 11.3 Å². The van der Waals surface area contributed by atoms with Crippen LogP contribution in [-0.2, 0) is 12.0 Å². The largest absolute Gasteiger partial charge is 0.353 e. The molecule has 0 amide bonds. The standard InChI is InChI=1S/C11H15N7OS/c1-11(2,3)6-5-18-10(13-6)20-9(17-18)12-4-7-14-8(19)16-15-7/h5H,4H2,1-3H3,(H,12,17)(H2,14,15,16,19). The van der Waals surface area contributed by atoms with E-state index in [0.29, 0.717) is 12.4 Å². The summed E-state index contributed by atoms with van der Waals surface area (Å²) < 4.78 is 1.76. The molecule has 0 aliphatic carbocycles. The van der Waals surface area contributed by atoms with Gasteiger partial charge in [0.1, 0.15) is 5.82 Å². The molecule has 0 aliphatic rings. The topological polar surface area (TPSA) is 104 Å². The van der Waals surface area contributed by atoms with Crippen molar-refractivity contribution < 1.29 is 0 Å². The van der Waals surface area contributed by atoms with Crippen molar-refractivity contribution in [2.45, 2.75) is 32.7 Å². The van der Waals surface area contributed by atoms with Crippen LogP contribution < -0.4 is 11.0 Å². The molecule has 0 unspecified atom stereocenters. The van der Waals surface area contributed by atoms with Gasteiger partial charge in [0.05, 0.1) is 18.4 Å². The molecule has 0 bridgehead atoms. The summed E-state index contributed by atoms with van der Waals surface area (Å²) >= 11 is 1.46. The Kier molecular flexibility index (Phi) is 2.85. The summed E-state index contributed by atoms with van der Waals surface area (Å²) in [7, 11) is 0. The Hall–Kier alpha value is -2.16. The Bertz CT molecular complexity index is 756. The van der Waals surface area contributed by atoms with E-state index in [1.165, 1.54) is 11.3 Å². The van der Waals surface area contributed by atoms with Crippen LogP contribution in [0.3, 0.4) is 0 Å². The maximum atomic E-state index is 10.9. The van der Waals surface area contributed by atoms with Gasteiger partial charge in [0.2, 0.25) is 10.1 Å². The number of H-pyrrole nitrogens is 2. The third-order valence-electron chi connectivity index (χ3n) is 2.77. The SMILES string of the molecule is CC(C)(C)c1cn2nc(NCc3n[nH]c(=O)[nH]3)sc2n1. The van der Waals surface area contributed by atoms with Gasteiger partial charge in [-0.1, -0.05) is 32.1 Å². The maximum Gasteiger partial charge on any atom is 0.340 e. The summed E-state index contributed by atoms with van der Waals surface area (Å²) in [5.74, 6) is 0.540. The predicted molar refractivity (Wildman–Crippen MR) is 76.1 cm³/mol. The van der Waals surface area contributed by atoms with Gasteiger partial charge >= 0.3 is 5.69 Å². The minimum atomic E-state index is -0.314. The van der Waals surface area contributed by atoms with Gasteiger partial charge in [0.15, 0.2) is 0 Å². The van der Waals surface area contributed by atoms with Crippen molar-refractivity contribution in [1.82, 2.24) is 29.8 Å². The van der Waals surface area contributed by atoms with E-state index in [-0.39, 0.29) is 11.1 Å². The van der Waals surface area contributed by atoms with Gasteiger partial charge in [0.25, 0.3) is 0 Å². The highest BCUT2D eigenvalue weighted by atomic mass is 32.1. The number of fused-ring (bicyclic) bond motifs is 1. The predicted octanol–water partition coefficient (Wildman–Crippen LogP) is 1.11. The molecule has 0 saturated heterocycles. The van der Waals surface area contributed by atoms with Crippen LogP contribution in [0.5, 0.6) is 0 Å². The number of rotatable bonds is 3. The van der Waals surface area contributed by atoms with E-state index >= 15 is 0 Å². The smallest absolute Gasteiger partial charge is 0.340 e. The fourth-order valence-electron chi connectivity index (χ4n) is 1.68. The van der Waals surface area contributed by atoms with E-state index in [1.807, 2.05) is 6.20 Å². The second-order valence-corrected chi connectivity index (χ2v) is 6.44. The number of imidazole rings is 1. The van der Waals surface area contributed by atoms with Gasteiger partial charge in [-0.2, -0.15) is 5.10 Å². The van der Waals surface area contributed by atoms with Crippen LogP contribution in [0.2, 0.25) is 0 Å². The van der Waals surface area contributed by atoms with Crippen LogP contribution in [0, 0.1) is 0 Å². The lowest BCUT2D eigenvalue weighted by atomic mass is 9.93. The zero-order valence-corrected chi connectivity index (χ0v) is 12.2. The van der Waals surface area contributed by atoms with Crippen molar-refractivity contribution in [3.63, 3.8) is 0 Å². The monoisotopic (exact) mass is 293 g/mol. The third-order valence-corrected chi connectivity index (χ3v) is 3.65. The summed E-state index contributed by atoms with van der Waals surface area (Å²) in [4.78, 5) is 18.9. The first kappa shape index (κ1) is 12.9. The first-order valence-electron chi connectivity index (χ1n) is 6.16. The van der Waals surface area contributed by atoms with Gasteiger partial charge in [-0.25, -0.2) is 19.4 Å². The Balaban J connectivity index is 1.76. The molecule has 0 spiro atoms. The second-order valence-electron chi connectivity index (χ2n) is 5.49.